The van der Waals surface area contributed by atoms with Crippen LogP contribution < -0.4 is 0 Å². The van der Waals surface area contributed by atoms with Gasteiger partial charge in [-0.2, -0.15) is 0 Å². The summed E-state index contributed by atoms with van der Waals surface area (Å²) in [4.78, 5) is 2.50. The minimum atomic E-state index is 0.531. The Bertz CT molecular complexity index is 123. The van der Waals surface area contributed by atoms with Crippen molar-refractivity contribution in [3.63, 3.8) is 0 Å². The monoisotopic (exact) mass is 253 g/mol. The molecule has 2 bridgehead atoms. The van der Waals surface area contributed by atoms with Crippen molar-refractivity contribution in [1.82, 2.24) is 4.90 Å². The Morgan fingerprint density at radius 2 is 2.00 bits per heavy atom. The van der Waals surface area contributed by atoms with Gasteiger partial charge >= 0.3 is 0 Å². The molecule has 0 radical (unpaired) electrons. The van der Waals surface area contributed by atoms with Crippen LogP contribution in [0.2, 0.25) is 0 Å². The zero-order chi connectivity index (χ0) is 6.97. The number of hydrogen-bond acceptors (Lipinski definition) is 2. The van der Waals surface area contributed by atoms with Crippen molar-refractivity contribution in [2.75, 3.05) is 19.6 Å². The molecule has 3 saturated heterocycles. The lowest BCUT2D eigenvalue weighted by Gasteiger charge is -2.43. The van der Waals surface area contributed by atoms with Gasteiger partial charge in [0.15, 0.2) is 0 Å². The second-order valence-electron chi connectivity index (χ2n) is 3.27. The Morgan fingerprint density at radius 3 is 2.30 bits per heavy atom. The summed E-state index contributed by atoms with van der Waals surface area (Å²) in [5, 5.41) is 0. The third kappa shape index (κ3) is 1.19. The summed E-state index contributed by atoms with van der Waals surface area (Å²) >= 11 is 2.04. The highest BCUT2D eigenvalue weighted by Crippen LogP contribution is 2.30. The molecule has 0 saturated carbocycles. The molecule has 3 aliphatic rings. The van der Waals surface area contributed by atoms with Gasteiger partial charge in [-0.15, -0.1) is 0 Å². The lowest BCUT2D eigenvalue weighted by molar-refractivity contribution is 0.0142. The fourth-order valence-electron chi connectivity index (χ4n) is 2.01. The van der Waals surface area contributed by atoms with Crippen LogP contribution in [-0.4, -0.2) is 30.6 Å². The molecule has 0 aliphatic carbocycles. The van der Waals surface area contributed by atoms with Crippen LogP contribution in [0.25, 0.3) is 0 Å². The molecule has 3 heteroatoms. The smallest absolute Gasteiger partial charge is 0.110 e. The molecule has 0 amide bonds. The van der Waals surface area contributed by atoms with Gasteiger partial charge in [0.1, 0.15) is 23.0 Å². The van der Waals surface area contributed by atoms with E-state index in [-0.39, 0.29) is 0 Å². The van der Waals surface area contributed by atoms with Crippen LogP contribution in [0.5, 0.6) is 0 Å². The van der Waals surface area contributed by atoms with Crippen molar-refractivity contribution in [3.8, 4) is 0 Å². The number of piperidine rings is 3. The molecule has 0 aromatic heterocycles. The normalized spacial score (nSPS) is 45.9. The van der Waals surface area contributed by atoms with Gasteiger partial charge in [-0.3, -0.25) is 0 Å². The molecule has 0 N–H and O–H groups in total. The standard InChI is InChI=1S/C7H12INO/c8-10-7-5-9-3-1-6(7)2-4-9/h6-7H,1-5H2. The first-order chi connectivity index (χ1) is 4.90. The molecule has 0 aromatic carbocycles. The molecule has 58 valence electrons. The molecule has 0 aromatic rings. The predicted octanol–water partition coefficient (Wildman–Crippen LogP) is 1.45. The lowest BCUT2D eigenvalue weighted by atomic mass is 9.86. The summed E-state index contributed by atoms with van der Waals surface area (Å²) in [6, 6.07) is 0. The number of fused-ring (bicyclic) bond motifs is 3. The Labute approximate surface area is 75.6 Å². The van der Waals surface area contributed by atoms with Gasteiger partial charge in [-0.1, -0.05) is 0 Å². The largest absolute Gasteiger partial charge is 0.311 e. The molecule has 3 rings (SSSR count). The van der Waals surface area contributed by atoms with Crippen LogP contribution in [0.15, 0.2) is 0 Å². The van der Waals surface area contributed by atoms with Gasteiger partial charge in [0, 0.05) is 6.54 Å². The summed E-state index contributed by atoms with van der Waals surface area (Å²) in [7, 11) is 0. The minimum Gasteiger partial charge on any atom is -0.311 e. The summed E-state index contributed by atoms with van der Waals surface area (Å²) < 4.78 is 5.35. The fraction of sp³-hybridized carbons (Fsp3) is 1.00. The average Bonchev–Trinajstić information content (AvgIpc) is 2.06. The molecule has 1 atom stereocenters. The average molecular weight is 253 g/mol. The van der Waals surface area contributed by atoms with E-state index in [1.54, 1.807) is 0 Å². The quantitative estimate of drug-likeness (QED) is 0.656. The number of rotatable bonds is 1. The highest BCUT2D eigenvalue weighted by atomic mass is 127. The van der Waals surface area contributed by atoms with Crippen LogP contribution in [0, 0.1) is 5.92 Å². The molecular weight excluding hydrogens is 241 g/mol. The Balaban J connectivity index is 2.01. The first kappa shape index (κ1) is 7.31. The van der Waals surface area contributed by atoms with Crippen LogP contribution in [0.4, 0.5) is 0 Å². The van der Waals surface area contributed by atoms with E-state index < -0.39 is 0 Å². The van der Waals surface area contributed by atoms with E-state index in [9.17, 15) is 0 Å². The van der Waals surface area contributed by atoms with E-state index in [0.29, 0.717) is 6.10 Å². The third-order valence-electron chi connectivity index (χ3n) is 2.71. The van der Waals surface area contributed by atoms with E-state index in [1.165, 1.54) is 32.5 Å². The summed E-state index contributed by atoms with van der Waals surface area (Å²) in [6.45, 7) is 3.79. The maximum atomic E-state index is 5.35. The second-order valence-corrected chi connectivity index (χ2v) is 3.77. The second kappa shape index (κ2) is 2.95. The number of halogens is 1. The maximum Gasteiger partial charge on any atom is 0.110 e. The highest BCUT2D eigenvalue weighted by molar-refractivity contribution is 14.1. The zero-order valence-corrected chi connectivity index (χ0v) is 8.08. The minimum absolute atomic E-state index is 0.531. The molecule has 2 nitrogen and oxygen atoms in total. The van der Waals surface area contributed by atoms with Gasteiger partial charge < -0.3 is 7.97 Å². The van der Waals surface area contributed by atoms with Gasteiger partial charge in [0.2, 0.25) is 0 Å². The molecule has 1 unspecified atom stereocenters. The molecule has 10 heavy (non-hydrogen) atoms. The van der Waals surface area contributed by atoms with Gasteiger partial charge in [0.25, 0.3) is 0 Å². The van der Waals surface area contributed by atoms with Crippen molar-refractivity contribution in [2.45, 2.75) is 18.9 Å². The van der Waals surface area contributed by atoms with Gasteiger partial charge in [-0.05, 0) is 31.8 Å². The first-order valence-electron chi connectivity index (χ1n) is 3.90. The topological polar surface area (TPSA) is 12.5 Å². The summed E-state index contributed by atoms with van der Waals surface area (Å²) in [5.74, 6) is 0.863. The SMILES string of the molecule is IOC1CN2CCC1CC2. The van der Waals surface area contributed by atoms with Crippen LogP contribution in [0.3, 0.4) is 0 Å². The summed E-state index contributed by atoms with van der Waals surface area (Å²) in [5.41, 5.74) is 0. The van der Waals surface area contributed by atoms with Crippen LogP contribution in [-0.2, 0) is 3.07 Å². The molecule has 3 fully saturated rings. The van der Waals surface area contributed by atoms with Crippen LogP contribution >= 0.6 is 23.0 Å². The Hall–Kier alpha value is 0.650. The first-order valence-corrected chi connectivity index (χ1v) is 4.78. The summed E-state index contributed by atoms with van der Waals surface area (Å²) in [6.07, 6.45) is 3.24. The molecule has 0 spiro atoms. The van der Waals surface area contributed by atoms with E-state index >= 15 is 0 Å². The van der Waals surface area contributed by atoms with Crippen LogP contribution in [0.1, 0.15) is 12.8 Å². The van der Waals surface area contributed by atoms with Crippen molar-refractivity contribution in [1.29, 1.82) is 0 Å². The molecule has 3 heterocycles. The molecule has 3 aliphatic heterocycles. The maximum absolute atomic E-state index is 5.35. The van der Waals surface area contributed by atoms with Crippen molar-refractivity contribution < 1.29 is 3.07 Å². The van der Waals surface area contributed by atoms with E-state index in [4.69, 9.17) is 3.07 Å². The Kier molecular flexibility index (Phi) is 2.15. The number of nitrogens with zero attached hydrogens (tertiary/aromatic N) is 1. The van der Waals surface area contributed by atoms with E-state index in [2.05, 4.69) is 4.90 Å². The van der Waals surface area contributed by atoms with E-state index in [1.807, 2.05) is 23.0 Å². The predicted molar refractivity (Wildman–Crippen MR) is 48.1 cm³/mol. The van der Waals surface area contributed by atoms with Gasteiger partial charge in [0.05, 0.1) is 6.10 Å². The Morgan fingerprint density at radius 1 is 1.30 bits per heavy atom. The van der Waals surface area contributed by atoms with Crippen molar-refractivity contribution in [2.24, 2.45) is 5.92 Å². The number of hydrogen-bond donors (Lipinski definition) is 0. The lowest BCUT2D eigenvalue weighted by Crippen LogP contribution is -2.50. The fourth-order valence-corrected chi connectivity index (χ4v) is 2.59. The van der Waals surface area contributed by atoms with Crippen molar-refractivity contribution in [3.05, 3.63) is 0 Å². The molecular formula is C7H12INO. The van der Waals surface area contributed by atoms with Gasteiger partial charge in [-0.25, -0.2) is 0 Å². The highest BCUT2D eigenvalue weighted by Gasteiger charge is 2.34. The zero-order valence-electron chi connectivity index (χ0n) is 5.92. The van der Waals surface area contributed by atoms with E-state index in [0.717, 1.165) is 5.92 Å². The van der Waals surface area contributed by atoms with Crippen molar-refractivity contribution >= 4 is 23.0 Å². The third-order valence-corrected chi connectivity index (χ3v) is 3.36.